The zero-order valence-electron chi connectivity index (χ0n) is 16.6. The van der Waals surface area contributed by atoms with Crippen molar-refractivity contribution < 1.29 is 22.3 Å². The third-order valence-corrected chi connectivity index (χ3v) is 5.85. The number of aryl methyl sites for hydroxylation is 1. The molecule has 1 saturated heterocycles. The van der Waals surface area contributed by atoms with Gasteiger partial charge in [0.25, 0.3) is 0 Å². The Labute approximate surface area is 176 Å². The van der Waals surface area contributed by atoms with Gasteiger partial charge in [0, 0.05) is 37.2 Å². The molecule has 2 heterocycles. The number of sulfonamides is 1. The molecular formula is C19H27ClFN3O4S. The maximum Gasteiger partial charge on any atom is 0.340 e. The molecule has 3 rings (SSSR count). The number of rotatable bonds is 7. The van der Waals surface area contributed by atoms with E-state index in [9.17, 15) is 17.6 Å². The van der Waals surface area contributed by atoms with Crippen LogP contribution < -0.4 is 4.72 Å². The van der Waals surface area contributed by atoms with Crippen molar-refractivity contribution in [2.24, 2.45) is 13.0 Å². The van der Waals surface area contributed by atoms with Gasteiger partial charge in [-0.3, -0.25) is 0 Å². The first-order valence-corrected chi connectivity index (χ1v) is 11.2. The second kappa shape index (κ2) is 9.88. The van der Waals surface area contributed by atoms with Gasteiger partial charge in [-0.25, -0.2) is 22.3 Å². The molecule has 0 unspecified atom stereocenters. The minimum Gasteiger partial charge on any atom is -0.462 e. The number of halogens is 2. The molecule has 2 aromatic rings. The highest BCUT2D eigenvalue weighted by atomic mass is 35.5. The smallest absolute Gasteiger partial charge is 0.340 e. The van der Waals surface area contributed by atoms with Crippen molar-refractivity contribution in [1.82, 2.24) is 14.2 Å². The number of hydrogen-bond acceptors (Lipinski definition) is 5. The van der Waals surface area contributed by atoms with E-state index in [-0.39, 0.29) is 24.1 Å². The lowest BCUT2D eigenvalue weighted by Crippen LogP contribution is -2.40. The number of nitrogens with zero attached hydrogens (tertiary/aromatic N) is 2. The van der Waals surface area contributed by atoms with Gasteiger partial charge < -0.3 is 14.2 Å². The van der Waals surface area contributed by atoms with Crippen molar-refractivity contribution in [2.45, 2.75) is 12.8 Å². The van der Waals surface area contributed by atoms with E-state index in [0.29, 0.717) is 30.6 Å². The molecule has 29 heavy (non-hydrogen) atoms. The van der Waals surface area contributed by atoms with Gasteiger partial charge in [0.15, 0.2) is 0 Å². The van der Waals surface area contributed by atoms with Gasteiger partial charge in [-0.1, -0.05) is 0 Å². The van der Waals surface area contributed by atoms with Crippen LogP contribution in [0.1, 0.15) is 23.2 Å². The van der Waals surface area contributed by atoms with Crippen LogP contribution in [0.25, 0.3) is 10.9 Å². The summed E-state index contributed by atoms with van der Waals surface area (Å²) >= 11 is 0. The zero-order chi connectivity index (χ0) is 20.3. The van der Waals surface area contributed by atoms with Gasteiger partial charge in [-0.2, -0.15) is 0 Å². The molecule has 1 fully saturated rings. The van der Waals surface area contributed by atoms with Crippen molar-refractivity contribution in [3.05, 3.63) is 35.8 Å². The summed E-state index contributed by atoms with van der Waals surface area (Å²) in [6.45, 7) is 3.08. The number of carbonyl (C=O) groups excluding carboxylic acids is 1. The lowest BCUT2D eigenvalue weighted by atomic mass is 9.98. The Balaban J connectivity index is 0.00000300. The van der Waals surface area contributed by atoms with Crippen LogP contribution in [0.3, 0.4) is 0 Å². The highest BCUT2D eigenvalue weighted by Crippen LogP contribution is 2.23. The van der Waals surface area contributed by atoms with E-state index in [1.165, 1.54) is 12.1 Å². The zero-order valence-corrected chi connectivity index (χ0v) is 18.2. The van der Waals surface area contributed by atoms with E-state index in [0.717, 1.165) is 37.7 Å². The predicted octanol–water partition coefficient (Wildman–Crippen LogP) is 2.16. The third kappa shape index (κ3) is 6.40. The van der Waals surface area contributed by atoms with Crippen molar-refractivity contribution in [3.63, 3.8) is 0 Å². The molecule has 0 spiro atoms. The lowest BCUT2D eigenvalue weighted by molar-refractivity contribution is 0.0376. The first-order valence-electron chi connectivity index (χ1n) is 9.31. The highest BCUT2D eigenvalue weighted by molar-refractivity contribution is 7.88. The molecule has 1 N–H and O–H groups in total. The molecule has 10 heteroatoms. The highest BCUT2D eigenvalue weighted by Gasteiger charge is 2.22. The van der Waals surface area contributed by atoms with Gasteiger partial charge in [0.2, 0.25) is 10.0 Å². The number of esters is 1. The molecule has 0 bridgehead atoms. The third-order valence-electron chi connectivity index (χ3n) is 5.12. The minimum atomic E-state index is -3.16. The standard InChI is InChI=1S/C19H26FN3O4S.ClH/c1-22-12-17(16-11-15(20)3-4-18(16)22)19(24)27-13-14-5-8-23(9-6-14)10-7-21-28(2,25)26;/h3-4,11-12,14,21H,5-10,13H2,1-2H3;1H. The van der Waals surface area contributed by atoms with Crippen LogP contribution in [0.4, 0.5) is 4.39 Å². The summed E-state index contributed by atoms with van der Waals surface area (Å²) in [7, 11) is -1.35. The first-order chi connectivity index (χ1) is 13.2. The average molecular weight is 448 g/mol. The first kappa shape index (κ1) is 23.6. The summed E-state index contributed by atoms with van der Waals surface area (Å²) in [6.07, 6.45) is 4.59. The molecular weight excluding hydrogens is 421 g/mol. The predicted molar refractivity (Wildman–Crippen MR) is 112 cm³/mol. The summed E-state index contributed by atoms with van der Waals surface area (Å²) in [6, 6.07) is 4.38. The van der Waals surface area contributed by atoms with Crippen LogP contribution >= 0.6 is 12.4 Å². The van der Waals surface area contributed by atoms with Gasteiger partial charge in [-0.15, -0.1) is 12.4 Å². The topological polar surface area (TPSA) is 80.6 Å². The Morgan fingerprint density at radius 2 is 2.00 bits per heavy atom. The second-order valence-corrected chi connectivity index (χ2v) is 9.20. The second-order valence-electron chi connectivity index (χ2n) is 7.37. The number of carbonyl (C=O) groups is 1. The molecule has 7 nitrogen and oxygen atoms in total. The van der Waals surface area contributed by atoms with Crippen LogP contribution in [0.5, 0.6) is 0 Å². The van der Waals surface area contributed by atoms with Gasteiger partial charge >= 0.3 is 5.97 Å². The van der Waals surface area contributed by atoms with Gasteiger partial charge in [0.05, 0.1) is 18.4 Å². The van der Waals surface area contributed by atoms with Crippen LogP contribution in [-0.2, 0) is 21.8 Å². The SMILES string of the molecule is Cl.Cn1cc(C(=O)OCC2CCN(CCNS(C)(=O)=O)CC2)c2cc(F)ccc21. The van der Waals surface area contributed by atoms with E-state index < -0.39 is 16.0 Å². The number of piperidine rings is 1. The fraction of sp³-hybridized carbons (Fsp3) is 0.526. The molecule has 1 aromatic heterocycles. The summed E-state index contributed by atoms with van der Waals surface area (Å²) < 4.78 is 45.5. The van der Waals surface area contributed by atoms with E-state index in [1.807, 2.05) is 7.05 Å². The number of nitrogens with one attached hydrogen (secondary N) is 1. The van der Waals surface area contributed by atoms with Crippen molar-refractivity contribution in [1.29, 1.82) is 0 Å². The lowest BCUT2D eigenvalue weighted by Gasteiger charge is -2.31. The van der Waals surface area contributed by atoms with Gasteiger partial charge in [-0.05, 0) is 50.0 Å². The molecule has 0 radical (unpaired) electrons. The van der Waals surface area contributed by atoms with Crippen molar-refractivity contribution >= 4 is 39.3 Å². The van der Waals surface area contributed by atoms with E-state index >= 15 is 0 Å². The Morgan fingerprint density at radius 3 is 2.66 bits per heavy atom. The Hall–Kier alpha value is -1.68. The molecule has 1 aliphatic rings. The molecule has 1 aliphatic heterocycles. The van der Waals surface area contributed by atoms with Crippen molar-refractivity contribution in [2.75, 3.05) is 39.0 Å². The van der Waals surface area contributed by atoms with Crippen LogP contribution in [-0.4, -0.2) is 62.9 Å². The maximum absolute atomic E-state index is 13.6. The van der Waals surface area contributed by atoms with E-state index in [4.69, 9.17) is 4.74 Å². The number of likely N-dealkylation sites (tertiary alicyclic amines) is 1. The summed E-state index contributed by atoms with van der Waals surface area (Å²) in [5.41, 5.74) is 1.16. The van der Waals surface area contributed by atoms with Crippen molar-refractivity contribution in [3.8, 4) is 0 Å². The summed E-state index contributed by atoms with van der Waals surface area (Å²) in [5, 5.41) is 0.556. The number of aromatic nitrogens is 1. The van der Waals surface area contributed by atoms with Crippen LogP contribution in [0.15, 0.2) is 24.4 Å². The van der Waals surface area contributed by atoms with E-state index in [2.05, 4.69) is 9.62 Å². The maximum atomic E-state index is 13.6. The monoisotopic (exact) mass is 447 g/mol. The minimum absolute atomic E-state index is 0. The Kier molecular flexibility index (Phi) is 8.04. The quantitative estimate of drug-likeness (QED) is 0.658. The van der Waals surface area contributed by atoms with E-state index in [1.54, 1.807) is 16.8 Å². The largest absolute Gasteiger partial charge is 0.462 e. The molecule has 0 saturated carbocycles. The van der Waals surface area contributed by atoms with Crippen LogP contribution in [0.2, 0.25) is 0 Å². The molecule has 162 valence electrons. The molecule has 0 atom stereocenters. The fourth-order valence-electron chi connectivity index (χ4n) is 3.56. The normalized spacial score (nSPS) is 16.0. The van der Waals surface area contributed by atoms with Crippen LogP contribution in [0, 0.1) is 11.7 Å². The average Bonchev–Trinajstić information content (AvgIpc) is 2.96. The van der Waals surface area contributed by atoms with Gasteiger partial charge in [0.1, 0.15) is 5.82 Å². The summed E-state index contributed by atoms with van der Waals surface area (Å²) in [4.78, 5) is 14.7. The fourth-order valence-corrected chi connectivity index (χ4v) is 4.03. The number of ether oxygens (including phenoxy) is 1. The Bertz CT molecular complexity index is 956. The molecule has 0 aliphatic carbocycles. The summed E-state index contributed by atoms with van der Waals surface area (Å²) in [5.74, 6) is -0.545. The molecule has 0 amide bonds. The number of hydrogen-bond donors (Lipinski definition) is 1. The Morgan fingerprint density at radius 1 is 1.31 bits per heavy atom. The number of benzene rings is 1. The number of fused-ring (bicyclic) bond motifs is 1. The molecule has 1 aromatic carbocycles.